The molecule has 0 unspecified atom stereocenters. The van der Waals surface area contributed by atoms with E-state index in [-0.39, 0.29) is 34.2 Å². The zero-order valence-electron chi connectivity index (χ0n) is 23.4. The molecule has 0 radical (unpaired) electrons. The summed E-state index contributed by atoms with van der Waals surface area (Å²) in [5.74, 6) is -0.414. The third kappa shape index (κ3) is 8.63. The standard InChI is InChI=1S/C30H29BrF3N9O/c31-24-14-23(30(32,33)34)15-25(16-24)39-29(38-18-35)43(26-12-10-21(11-13-26)20-4-2-1-3-5-20)17-19-6-8-22(9-7-19)27(44)40-28(36)41-42-37/h6-16,20H,1-5,17H2,(H,38,39)(H4,36,37,40,41,44). The lowest BCUT2D eigenvalue weighted by Crippen LogP contribution is -2.39. The fourth-order valence-electron chi connectivity index (χ4n) is 4.99. The van der Waals surface area contributed by atoms with Crippen LogP contribution >= 0.6 is 15.9 Å². The maximum absolute atomic E-state index is 13.5. The summed E-state index contributed by atoms with van der Waals surface area (Å²) < 4.78 is 40.8. The monoisotopic (exact) mass is 667 g/mol. The maximum Gasteiger partial charge on any atom is 0.416 e. The number of aliphatic imine (C=N–C) groups is 1. The molecule has 1 aliphatic carbocycles. The predicted molar refractivity (Wildman–Crippen MR) is 164 cm³/mol. The average Bonchev–Trinajstić information content (AvgIpc) is 3.00. The van der Waals surface area contributed by atoms with Gasteiger partial charge in [0.25, 0.3) is 5.91 Å². The number of alkyl halides is 3. The van der Waals surface area contributed by atoms with Crippen molar-refractivity contribution < 1.29 is 18.0 Å². The molecule has 1 amide bonds. The molecule has 5 N–H and O–H groups in total. The number of nitrogens with one attached hydrogen (secondary N) is 3. The normalized spacial score (nSPS) is 14.4. The van der Waals surface area contributed by atoms with Crippen LogP contribution in [0.2, 0.25) is 0 Å². The Bertz CT molecular complexity index is 1580. The van der Waals surface area contributed by atoms with Crippen LogP contribution in [-0.4, -0.2) is 17.8 Å². The van der Waals surface area contributed by atoms with Gasteiger partial charge in [0.2, 0.25) is 11.9 Å². The highest BCUT2D eigenvalue weighted by Gasteiger charge is 2.31. The SMILES string of the molecule is N#CNC(=Nc1cc(Br)cc(C(F)(F)F)c1)N(Cc1ccc(C(=O)NC(N)=NN=N)cc1)c1ccc(C2CCCCC2)cc1. The van der Waals surface area contributed by atoms with E-state index in [0.29, 0.717) is 17.2 Å². The number of guanidine groups is 2. The number of benzene rings is 3. The molecule has 1 saturated carbocycles. The molecule has 3 aromatic carbocycles. The van der Waals surface area contributed by atoms with Crippen LogP contribution in [0.1, 0.15) is 65.1 Å². The fraction of sp³-hybridized carbons (Fsp3) is 0.267. The molecular formula is C30H29BrF3N9O. The molecule has 1 aliphatic rings. The average molecular weight is 669 g/mol. The number of nitrogens with two attached hydrogens (primary N) is 1. The van der Waals surface area contributed by atoms with E-state index < -0.39 is 17.6 Å². The summed E-state index contributed by atoms with van der Waals surface area (Å²) in [6.45, 7) is 0.152. The smallest absolute Gasteiger partial charge is 0.368 e. The molecule has 0 heterocycles. The second-order valence-corrected chi connectivity index (χ2v) is 11.0. The van der Waals surface area contributed by atoms with Crippen molar-refractivity contribution in [2.24, 2.45) is 21.1 Å². The second kappa shape index (κ2) is 14.6. The fourth-order valence-corrected chi connectivity index (χ4v) is 5.47. The number of rotatable bonds is 7. The minimum absolute atomic E-state index is 0.00842. The van der Waals surface area contributed by atoms with E-state index in [2.05, 4.69) is 41.9 Å². The molecular weight excluding hydrogens is 639 g/mol. The van der Waals surface area contributed by atoms with Gasteiger partial charge in [-0.15, -0.1) is 0 Å². The van der Waals surface area contributed by atoms with E-state index in [1.807, 2.05) is 30.5 Å². The van der Waals surface area contributed by atoms with Crippen molar-refractivity contribution in [1.82, 2.24) is 10.6 Å². The van der Waals surface area contributed by atoms with Gasteiger partial charge in [-0.05, 0) is 77.6 Å². The highest BCUT2D eigenvalue weighted by molar-refractivity contribution is 9.10. The van der Waals surface area contributed by atoms with Crippen LogP contribution in [0.5, 0.6) is 0 Å². The first-order chi connectivity index (χ1) is 21.1. The summed E-state index contributed by atoms with van der Waals surface area (Å²) in [4.78, 5) is 18.5. The Hall–Kier alpha value is -4.77. The number of hydrogen-bond acceptors (Lipinski definition) is 5. The topological polar surface area (TPSA) is 155 Å². The minimum Gasteiger partial charge on any atom is -0.368 e. The van der Waals surface area contributed by atoms with Crippen LogP contribution in [-0.2, 0) is 12.7 Å². The number of anilines is 1. The molecule has 10 nitrogen and oxygen atoms in total. The Balaban J connectivity index is 1.71. The molecule has 0 aliphatic heterocycles. The highest BCUT2D eigenvalue weighted by atomic mass is 79.9. The van der Waals surface area contributed by atoms with Crippen LogP contribution in [0.4, 0.5) is 24.5 Å². The van der Waals surface area contributed by atoms with Crippen molar-refractivity contribution in [3.63, 3.8) is 0 Å². The zero-order valence-corrected chi connectivity index (χ0v) is 25.0. The van der Waals surface area contributed by atoms with E-state index in [9.17, 15) is 23.2 Å². The Morgan fingerprint density at radius 1 is 1.07 bits per heavy atom. The van der Waals surface area contributed by atoms with Crippen LogP contribution in [0.15, 0.2) is 86.5 Å². The molecule has 4 rings (SSSR count). The number of hydrogen-bond donors (Lipinski definition) is 4. The molecule has 1 fully saturated rings. The van der Waals surface area contributed by atoms with Gasteiger partial charge in [-0.3, -0.25) is 15.4 Å². The van der Waals surface area contributed by atoms with Gasteiger partial charge in [-0.1, -0.05) is 64.6 Å². The molecule has 14 heteroatoms. The van der Waals surface area contributed by atoms with E-state index >= 15 is 0 Å². The second-order valence-electron chi connectivity index (χ2n) is 10.1. The van der Waals surface area contributed by atoms with E-state index in [4.69, 9.17) is 11.3 Å². The lowest BCUT2D eigenvalue weighted by molar-refractivity contribution is -0.137. The molecule has 0 spiro atoms. The van der Waals surface area contributed by atoms with E-state index in [1.54, 1.807) is 29.2 Å². The van der Waals surface area contributed by atoms with Gasteiger partial charge >= 0.3 is 6.18 Å². The summed E-state index contributed by atoms with van der Waals surface area (Å²) in [5.41, 5.74) is 14.1. The number of nitrogens with zero attached hydrogens (tertiary/aromatic N) is 5. The molecule has 44 heavy (non-hydrogen) atoms. The zero-order chi connectivity index (χ0) is 31.7. The van der Waals surface area contributed by atoms with Crippen molar-refractivity contribution in [1.29, 1.82) is 10.8 Å². The summed E-state index contributed by atoms with van der Waals surface area (Å²) in [7, 11) is 0. The summed E-state index contributed by atoms with van der Waals surface area (Å²) in [6, 6.07) is 17.6. The van der Waals surface area contributed by atoms with E-state index in [0.717, 1.165) is 25.0 Å². The number of amides is 1. The predicted octanol–water partition coefficient (Wildman–Crippen LogP) is 7.27. The van der Waals surface area contributed by atoms with Gasteiger partial charge in [0.05, 0.1) is 17.8 Å². The highest BCUT2D eigenvalue weighted by Crippen LogP contribution is 2.35. The molecule has 0 atom stereocenters. The summed E-state index contributed by atoms with van der Waals surface area (Å²) >= 11 is 3.13. The molecule has 3 aromatic rings. The van der Waals surface area contributed by atoms with Gasteiger partial charge < -0.3 is 10.6 Å². The van der Waals surface area contributed by atoms with Crippen molar-refractivity contribution >= 4 is 45.1 Å². The summed E-state index contributed by atoms with van der Waals surface area (Å²) in [5, 5.41) is 20.5. The number of nitriles is 1. The number of carbonyl (C=O) groups excluding carboxylic acids is 1. The van der Waals surface area contributed by atoms with Crippen LogP contribution < -0.4 is 21.3 Å². The molecule has 0 bridgehead atoms. The lowest BCUT2D eigenvalue weighted by atomic mass is 9.84. The van der Waals surface area contributed by atoms with Gasteiger partial charge in [-0.2, -0.15) is 24.0 Å². The third-order valence-electron chi connectivity index (χ3n) is 7.11. The van der Waals surface area contributed by atoms with Gasteiger partial charge in [-0.25, -0.2) is 4.99 Å². The van der Waals surface area contributed by atoms with Crippen molar-refractivity contribution in [3.8, 4) is 6.19 Å². The Morgan fingerprint density at radius 2 is 1.75 bits per heavy atom. The molecule has 0 saturated heterocycles. The Morgan fingerprint density at radius 3 is 2.36 bits per heavy atom. The van der Waals surface area contributed by atoms with Gasteiger partial charge in [0, 0.05) is 15.7 Å². The van der Waals surface area contributed by atoms with E-state index in [1.165, 1.54) is 30.9 Å². The molecule has 0 aromatic heterocycles. The van der Waals surface area contributed by atoms with Gasteiger partial charge in [0.15, 0.2) is 6.19 Å². The Labute approximate surface area is 260 Å². The van der Waals surface area contributed by atoms with Gasteiger partial charge in [0.1, 0.15) is 0 Å². The number of halogens is 4. The number of carbonyl (C=O) groups is 1. The first-order valence-corrected chi connectivity index (χ1v) is 14.5. The van der Waals surface area contributed by atoms with Crippen LogP contribution in [0.3, 0.4) is 0 Å². The van der Waals surface area contributed by atoms with Crippen LogP contribution in [0, 0.1) is 17.0 Å². The summed E-state index contributed by atoms with van der Waals surface area (Å²) in [6.07, 6.45) is 3.08. The molecule has 228 valence electrons. The Kier molecular flexibility index (Phi) is 10.7. The van der Waals surface area contributed by atoms with Crippen molar-refractivity contribution in [2.45, 2.75) is 50.7 Å². The minimum atomic E-state index is -4.59. The maximum atomic E-state index is 13.5. The third-order valence-corrected chi connectivity index (χ3v) is 7.56. The largest absolute Gasteiger partial charge is 0.416 e. The lowest BCUT2D eigenvalue weighted by Gasteiger charge is -2.27. The first-order valence-electron chi connectivity index (χ1n) is 13.7. The van der Waals surface area contributed by atoms with Crippen LogP contribution in [0.25, 0.3) is 0 Å². The van der Waals surface area contributed by atoms with Crippen molar-refractivity contribution in [3.05, 3.63) is 93.5 Å². The quantitative estimate of drug-likeness (QED) is 0.0521. The van der Waals surface area contributed by atoms with Crippen molar-refractivity contribution in [2.75, 3.05) is 4.90 Å². The first kappa shape index (κ1) is 32.2.